The van der Waals surface area contributed by atoms with Crippen LogP contribution < -0.4 is 0 Å². The molecule has 4 heteroatoms. The van der Waals surface area contributed by atoms with Crippen molar-refractivity contribution >= 4 is 12.2 Å². The number of nitrogens with zero attached hydrogens (tertiary/aromatic N) is 2. The van der Waals surface area contributed by atoms with E-state index in [0.717, 1.165) is 29.5 Å². The SMILES string of the molecule is N#Cc1cccc(-c2cccc(C=C3CCN(C(=O)O)CC3)c2)c1. The molecule has 0 spiro atoms. The molecule has 1 aliphatic heterocycles. The molecule has 1 heterocycles. The second-order valence-corrected chi connectivity index (χ2v) is 5.89. The van der Waals surface area contributed by atoms with Crippen molar-refractivity contribution in [2.45, 2.75) is 12.8 Å². The molecule has 0 saturated carbocycles. The molecule has 1 fully saturated rings. The fourth-order valence-electron chi connectivity index (χ4n) is 2.94. The summed E-state index contributed by atoms with van der Waals surface area (Å²) < 4.78 is 0. The first kappa shape index (κ1) is 15.8. The fourth-order valence-corrected chi connectivity index (χ4v) is 2.94. The van der Waals surface area contributed by atoms with Gasteiger partial charge >= 0.3 is 6.09 Å². The lowest BCUT2D eigenvalue weighted by Crippen LogP contribution is -2.35. The normalized spacial score (nSPS) is 14.1. The van der Waals surface area contributed by atoms with E-state index in [2.05, 4.69) is 18.2 Å². The van der Waals surface area contributed by atoms with Crippen LogP contribution in [-0.4, -0.2) is 29.2 Å². The molecule has 0 radical (unpaired) electrons. The Kier molecular flexibility index (Phi) is 4.62. The van der Waals surface area contributed by atoms with Gasteiger partial charge in [-0.2, -0.15) is 5.26 Å². The average Bonchev–Trinajstić information content (AvgIpc) is 2.62. The molecule has 1 aliphatic rings. The van der Waals surface area contributed by atoms with Crippen LogP contribution in [-0.2, 0) is 0 Å². The number of likely N-dealkylation sites (tertiary alicyclic amines) is 1. The van der Waals surface area contributed by atoms with Crippen LogP contribution in [0.15, 0.2) is 54.1 Å². The lowest BCUT2D eigenvalue weighted by atomic mass is 9.98. The number of benzene rings is 2. The molecule has 24 heavy (non-hydrogen) atoms. The van der Waals surface area contributed by atoms with Crippen LogP contribution in [0.2, 0.25) is 0 Å². The standard InChI is InChI=1S/C20H18N2O2/c21-14-17-4-2-6-19(13-17)18-5-1-3-16(12-18)11-15-7-9-22(10-8-15)20(23)24/h1-6,11-13H,7-10H2,(H,23,24). The van der Waals surface area contributed by atoms with Gasteiger partial charge in [0, 0.05) is 13.1 Å². The van der Waals surface area contributed by atoms with Gasteiger partial charge in [-0.1, -0.05) is 42.0 Å². The van der Waals surface area contributed by atoms with Crippen molar-refractivity contribution in [2.75, 3.05) is 13.1 Å². The van der Waals surface area contributed by atoms with E-state index in [0.29, 0.717) is 18.7 Å². The smallest absolute Gasteiger partial charge is 0.407 e. The van der Waals surface area contributed by atoms with E-state index in [-0.39, 0.29) is 0 Å². The molecule has 0 bridgehead atoms. The quantitative estimate of drug-likeness (QED) is 0.893. The van der Waals surface area contributed by atoms with Gasteiger partial charge in [-0.3, -0.25) is 0 Å². The van der Waals surface area contributed by atoms with E-state index >= 15 is 0 Å². The maximum Gasteiger partial charge on any atom is 0.407 e. The summed E-state index contributed by atoms with van der Waals surface area (Å²) in [7, 11) is 0. The molecule has 2 aromatic carbocycles. The second kappa shape index (κ2) is 7.01. The summed E-state index contributed by atoms with van der Waals surface area (Å²) in [5.41, 5.74) is 5.13. The van der Waals surface area contributed by atoms with Crippen molar-refractivity contribution in [3.05, 3.63) is 65.2 Å². The Bertz CT molecular complexity index is 824. The van der Waals surface area contributed by atoms with E-state index in [1.54, 1.807) is 6.07 Å². The van der Waals surface area contributed by atoms with E-state index in [1.165, 1.54) is 10.5 Å². The lowest BCUT2D eigenvalue weighted by Gasteiger charge is -2.25. The largest absolute Gasteiger partial charge is 0.465 e. The minimum atomic E-state index is -0.839. The first-order chi connectivity index (χ1) is 11.7. The minimum Gasteiger partial charge on any atom is -0.465 e. The Labute approximate surface area is 141 Å². The molecule has 0 unspecified atom stereocenters. The number of piperidine rings is 1. The van der Waals surface area contributed by atoms with Gasteiger partial charge in [0.15, 0.2) is 0 Å². The third-order valence-electron chi connectivity index (χ3n) is 4.26. The Hall–Kier alpha value is -3.06. The fraction of sp³-hybridized carbons (Fsp3) is 0.200. The van der Waals surface area contributed by atoms with Crippen molar-refractivity contribution in [3.8, 4) is 17.2 Å². The lowest BCUT2D eigenvalue weighted by molar-refractivity contribution is 0.142. The van der Waals surface area contributed by atoms with E-state index in [4.69, 9.17) is 10.4 Å². The summed E-state index contributed by atoms with van der Waals surface area (Å²) in [5.74, 6) is 0. The first-order valence-electron chi connectivity index (χ1n) is 7.93. The van der Waals surface area contributed by atoms with Crippen molar-refractivity contribution < 1.29 is 9.90 Å². The van der Waals surface area contributed by atoms with E-state index in [9.17, 15) is 4.79 Å². The Balaban J connectivity index is 1.80. The van der Waals surface area contributed by atoms with Crippen LogP contribution in [0.25, 0.3) is 17.2 Å². The average molecular weight is 318 g/mol. The maximum absolute atomic E-state index is 11.0. The topological polar surface area (TPSA) is 64.3 Å². The predicted molar refractivity (Wildman–Crippen MR) is 93.4 cm³/mol. The minimum absolute atomic E-state index is 0.561. The van der Waals surface area contributed by atoms with Gasteiger partial charge in [-0.05, 0) is 47.7 Å². The van der Waals surface area contributed by atoms with Crippen LogP contribution in [0.3, 0.4) is 0 Å². The van der Waals surface area contributed by atoms with Gasteiger partial charge in [0.1, 0.15) is 0 Å². The monoisotopic (exact) mass is 318 g/mol. The van der Waals surface area contributed by atoms with Gasteiger partial charge in [0.2, 0.25) is 0 Å². The molecule has 3 rings (SSSR count). The number of hydrogen-bond acceptors (Lipinski definition) is 2. The van der Waals surface area contributed by atoms with Crippen molar-refractivity contribution in [1.29, 1.82) is 5.26 Å². The van der Waals surface area contributed by atoms with Crippen LogP contribution in [0.4, 0.5) is 4.79 Å². The highest BCUT2D eigenvalue weighted by Crippen LogP contribution is 2.24. The zero-order valence-corrected chi connectivity index (χ0v) is 13.3. The number of nitriles is 1. The zero-order valence-electron chi connectivity index (χ0n) is 13.3. The van der Waals surface area contributed by atoms with E-state index < -0.39 is 6.09 Å². The Morgan fingerprint density at radius 2 is 1.75 bits per heavy atom. The third-order valence-corrected chi connectivity index (χ3v) is 4.26. The third kappa shape index (κ3) is 3.64. The molecule has 1 saturated heterocycles. The zero-order chi connectivity index (χ0) is 16.9. The molecule has 1 N–H and O–H groups in total. The Morgan fingerprint density at radius 3 is 2.42 bits per heavy atom. The predicted octanol–water partition coefficient (Wildman–Crippen LogP) is 4.38. The highest BCUT2D eigenvalue weighted by Gasteiger charge is 2.17. The molecule has 2 aromatic rings. The second-order valence-electron chi connectivity index (χ2n) is 5.89. The molecular weight excluding hydrogens is 300 g/mol. The van der Waals surface area contributed by atoms with Crippen LogP contribution in [0, 0.1) is 11.3 Å². The first-order valence-corrected chi connectivity index (χ1v) is 7.93. The summed E-state index contributed by atoms with van der Waals surface area (Å²) in [6.07, 6.45) is 2.87. The maximum atomic E-state index is 11.0. The van der Waals surface area contributed by atoms with Gasteiger partial charge < -0.3 is 10.0 Å². The van der Waals surface area contributed by atoms with Crippen molar-refractivity contribution in [1.82, 2.24) is 4.90 Å². The highest BCUT2D eigenvalue weighted by molar-refractivity contribution is 5.69. The number of carbonyl (C=O) groups is 1. The molecule has 0 atom stereocenters. The summed E-state index contributed by atoms with van der Waals surface area (Å²) >= 11 is 0. The van der Waals surface area contributed by atoms with Gasteiger partial charge in [-0.15, -0.1) is 0 Å². The summed E-state index contributed by atoms with van der Waals surface area (Å²) in [4.78, 5) is 12.4. The molecule has 1 amide bonds. The van der Waals surface area contributed by atoms with Crippen LogP contribution in [0.1, 0.15) is 24.0 Å². The number of rotatable bonds is 2. The van der Waals surface area contributed by atoms with Crippen LogP contribution in [0.5, 0.6) is 0 Å². The molecule has 4 nitrogen and oxygen atoms in total. The van der Waals surface area contributed by atoms with Gasteiger partial charge in [0.25, 0.3) is 0 Å². The Morgan fingerprint density at radius 1 is 1.08 bits per heavy atom. The molecule has 120 valence electrons. The van der Waals surface area contributed by atoms with Crippen LogP contribution >= 0.6 is 0 Å². The summed E-state index contributed by atoms with van der Waals surface area (Å²) in [6.45, 7) is 1.12. The number of carboxylic acid groups (broad SMARTS) is 1. The summed E-state index contributed by atoms with van der Waals surface area (Å²) in [5, 5.41) is 18.0. The van der Waals surface area contributed by atoms with Gasteiger partial charge in [-0.25, -0.2) is 4.79 Å². The van der Waals surface area contributed by atoms with Crippen molar-refractivity contribution in [2.24, 2.45) is 0 Å². The summed E-state index contributed by atoms with van der Waals surface area (Å²) in [6, 6.07) is 17.9. The van der Waals surface area contributed by atoms with Crippen molar-refractivity contribution in [3.63, 3.8) is 0 Å². The van der Waals surface area contributed by atoms with E-state index in [1.807, 2.05) is 36.4 Å². The highest BCUT2D eigenvalue weighted by atomic mass is 16.4. The molecular formula is C20H18N2O2. The molecule has 0 aromatic heterocycles. The molecule has 0 aliphatic carbocycles. The van der Waals surface area contributed by atoms with Gasteiger partial charge in [0.05, 0.1) is 11.6 Å². The number of hydrogen-bond donors (Lipinski definition) is 1. The number of amides is 1.